The quantitative estimate of drug-likeness (QED) is 0.835. The van der Waals surface area contributed by atoms with Gasteiger partial charge in [-0.05, 0) is 42.0 Å². The lowest BCUT2D eigenvalue weighted by Crippen LogP contribution is -2.37. The second-order valence-corrected chi connectivity index (χ2v) is 5.80. The van der Waals surface area contributed by atoms with Gasteiger partial charge in [0.15, 0.2) is 0 Å². The summed E-state index contributed by atoms with van der Waals surface area (Å²) in [4.78, 5) is 4.44. The molecule has 0 saturated carbocycles. The topological polar surface area (TPSA) is 30.9 Å². The van der Waals surface area contributed by atoms with E-state index in [1.165, 1.54) is 0 Å². The van der Waals surface area contributed by atoms with Gasteiger partial charge in [-0.1, -0.05) is 41.9 Å². The van der Waals surface area contributed by atoms with Crippen molar-refractivity contribution in [1.82, 2.24) is 10.5 Å². The maximum absolute atomic E-state index is 6.11. The van der Waals surface area contributed by atoms with Crippen LogP contribution in [0.15, 0.2) is 89.8 Å². The molecule has 0 radical (unpaired) electrons. The standard InChI is InChI=1S/C19H15ClN4/c20-18-6-1-2-7-19(18)21-13-15-8-10-16(11-9-15)24-14-17-5-3-4-12-23(17)22-24/h1-14,22H. The third kappa shape index (κ3) is 2.97. The SMILES string of the molecule is Clc1ccccc1N=Cc1ccc(N2C=C3C=CC=CN3N2)cc1. The highest BCUT2D eigenvalue weighted by Gasteiger charge is 2.18. The molecule has 5 heteroatoms. The molecule has 2 heterocycles. The number of nitrogens with one attached hydrogen (secondary N) is 1. The summed E-state index contributed by atoms with van der Waals surface area (Å²) in [5.74, 6) is 0. The Bertz CT molecular complexity index is 865. The van der Waals surface area contributed by atoms with Gasteiger partial charge in [0.2, 0.25) is 0 Å². The summed E-state index contributed by atoms with van der Waals surface area (Å²) in [6.45, 7) is 0. The molecule has 0 fully saturated rings. The summed E-state index contributed by atoms with van der Waals surface area (Å²) in [6, 6.07) is 15.7. The first-order valence-electron chi connectivity index (χ1n) is 7.60. The number of aliphatic imine (C=N–C) groups is 1. The zero-order valence-corrected chi connectivity index (χ0v) is 13.6. The number of para-hydroxylation sites is 1. The van der Waals surface area contributed by atoms with Crippen LogP contribution in [0.3, 0.4) is 0 Å². The Kier molecular flexibility index (Phi) is 3.91. The number of allylic oxidation sites excluding steroid dienone is 3. The van der Waals surface area contributed by atoms with Crippen molar-refractivity contribution in [3.8, 4) is 0 Å². The summed E-state index contributed by atoms with van der Waals surface area (Å²) in [5, 5.41) is 4.59. The lowest BCUT2D eigenvalue weighted by molar-refractivity contribution is 0.380. The molecule has 2 aromatic carbocycles. The summed E-state index contributed by atoms with van der Waals surface area (Å²) >= 11 is 6.11. The van der Waals surface area contributed by atoms with Crippen LogP contribution in [0.1, 0.15) is 5.56 Å². The summed E-state index contributed by atoms with van der Waals surface area (Å²) in [6.07, 6.45) is 11.9. The van der Waals surface area contributed by atoms with Crippen LogP contribution in [-0.2, 0) is 0 Å². The van der Waals surface area contributed by atoms with Gasteiger partial charge in [0.1, 0.15) is 0 Å². The van der Waals surface area contributed by atoms with Gasteiger partial charge in [0.25, 0.3) is 0 Å². The maximum Gasteiger partial charge on any atom is 0.0816 e. The van der Waals surface area contributed by atoms with Crippen molar-refractivity contribution in [3.63, 3.8) is 0 Å². The van der Waals surface area contributed by atoms with Crippen LogP contribution in [0.5, 0.6) is 0 Å². The molecule has 0 amide bonds. The van der Waals surface area contributed by atoms with Crippen molar-refractivity contribution in [2.24, 2.45) is 4.99 Å². The fraction of sp³-hybridized carbons (Fsp3) is 0. The minimum atomic E-state index is 0.649. The highest BCUT2D eigenvalue weighted by Crippen LogP contribution is 2.25. The number of fused-ring (bicyclic) bond motifs is 1. The number of benzene rings is 2. The molecule has 2 aromatic rings. The van der Waals surface area contributed by atoms with Crippen molar-refractivity contribution in [2.45, 2.75) is 0 Å². The number of hydrogen-bond donors (Lipinski definition) is 1. The van der Waals surface area contributed by atoms with E-state index in [0.29, 0.717) is 5.02 Å². The van der Waals surface area contributed by atoms with Gasteiger partial charge in [-0.25, -0.2) is 0 Å². The predicted octanol–water partition coefficient (Wildman–Crippen LogP) is 4.56. The molecule has 4 rings (SSSR count). The van der Waals surface area contributed by atoms with E-state index in [0.717, 1.165) is 22.6 Å². The molecule has 0 aromatic heterocycles. The summed E-state index contributed by atoms with van der Waals surface area (Å²) in [7, 11) is 0. The van der Waals surface area contributed by atoms with Crippen LogP contribution >= 0.6 is 11.6 Å². The molecule has 4 nitrogen and oxygen atoms in total. The van der Waals surface area contributed by atoms with Gasteiger partial charge in [-0.3, -0.25) is 15.0 Å². The van der Waals surface area contributed by atoms with Crippen molar-refractivity contribution in [2.75, 3.05) is 5.01 Å². The van der Waals surface area contributed by atoms with Gasteiger partial charge in [0, 0.05) is 18.6 Å². The average molecular weight is 335 g/mol. The highest BCUT2D eigenvalue weighted by atomic mass is 35.5. The second-order valence-electron chi connectivity index (χ2n) is 5.40. The van der Waals surface area contributed by atoms with Gasteiger partial charge in [-0.2, -0.15) is 0 Å². The minimum absolute atomic E-state index is 0.649. The lowest BCUT2D eigenvalue weighted by atomic mass is 10.2. The molecule has 0 unspecified atom stereocenters. The van der Waals surface area contributed by atoms with Crippen LogP contribution in [0.2, 0.25) is 5.02 Å². The van der Waals surface area contributed by atoms with Crippen molar-refractivity contribution in [3.05, 3.63) is 95.4 Å². The van der Waals surface area contributed by atoms with Crippen molar-refractivity contribution >= 4 is 29.2 Å². The monoisotopic (exact) mass is 334 g/mol. The second kappa shape index (κ2) is 6.35. The van der Waals surface area contributed by atoms with Crippen LogP contribution in [0.4, 0.5) is 11.4 Å². The maximum atomic E-state index is 6.11. The number of anilines is 1. The molecule has 24 heavy (non-hydrogen) atoms. The fourth-order valence-electron chi connectivity index (χ4n) is 2.48. The van der Waals surface area contributed by atoms with E-state index in [9.17, 15) is 0 Å². The molecule has 0 aliphatic carbocycles. The van der Waals surface area contributed by atoms with E-state index in [1.54, 1.807) is 0 Å². The van der Waals surface area contributed by atoms with Gasteiger partial charge in [0.05, 0.1) is 22.1 Å². The number of hydrazine groups is 2. The van der Waals surface area contributed by atoms with Gasteiger partial charge < -0.3 is 0 Å². The normalized spacial score (nSPS) is 16.0. The van der Waals surface area contributed by atoms with E-state index in [1.807, 2.05) is 89.3 Å². The zero-order chi connectivity index (χ0) is 16.4. The molecule has 0 atom stereocenters. The third-order valence-corrected chi connectivity index (χ3v) is 4.06. The first-order chi connectivity index (χ1) is 11.8. The number of rotatable bonds is 3. The number of halogens is 1. The Balaban J connectivity index is 1.50. The Labute approximate surface area is 145 Å². The largest absolute Gasteiger partial charge is 0.265 e. The van der Waals surface area contributed by atoms with E-state index in [2.05, 4.69) is 16.6 Å². The minimum Gasteiger partial charge on any atom is -0.265 e. The van der Waals surface area contributed by atoms with Gasteiger partial charge >= 0.3 is 0 Å². The van der Waals surface area contributed by atoms with Gasteiger partial charge in [-0.15, -0.1) is 5.53 Å². The number of nitrogens with zero attached hydrogens (tertiary/aromatic N) is 3. The lowest BCUT2D eigenvalue weighted by Gasteiger charge is -2.21. The first-order valence-corrected chi connectivity index (χ1v) is 7.97. The molecular formula is C19H15ClN4. The van der Waals surface area contributed by atoms with E-state index in [-0.39, 0.29) is 0 Å². The fourth-order valence-corrected chi connectivity index (χ4v) is 2.67. The molecule has 118 valence electrons. The van der Waals surface area contributed by atoms with E-state index < -0.39 is 0 Å². The first kappa shape index (κ1) is 14.8. The van der Waals surface area contributed by atoms with Crippen molar-refractivity contribution < 1.29 is 0 Å². The smallest absolute Gasteiger partial charge is 0.0816 e. The molecule has 0 saturated heterocycles. The molecule has 2 aliphatic heterocycles. The average Bonchev–Trinajstić information content (AvgIpc) is 3.06. The van der Waals surface area contributed by atoms with Crippen LogP contribution in [-0.4, -0.2) is 11.2 Å². The molecule has 2 aliphatic rings. The van der Waals surface area contributed by atoms with Crippen molar-refractivity contribution in [1.29, 1.82) is 0 Å². The van der Waals surface area contributed by atoms with Crippen LogP contribution in [0.25, 0.3) is 0 Å². The highest BCUT2D eigenvalue weighted by molar-refractivity contribution is 6.33. The Morgan fingerprint density at radius 1 is 0.958 bits per heavy atom. The van der Waals surface area contributed by atoms with E-state index >= 15 is 0 Å². The van der Waals surface area contributed by atoms with Crippen LogP contribution in [0, 0.1) is 0 Å². The van der Waals surface area contributed by atoms with Crippen LogP contribution < -0.4 is 10.5 Å². The zero-order valence-electron chi connectivity index (χ0n) is 12.8. The summed E-state index contributed by atoms with van der Waals surface area (Å²) in [5.41, 5.74) is 7.21. The Morgan fingerprint density at radius 2 is 1.79 bits per heavy atom. The Hall–Kier alpha value is -2.82. The molecule has 0 bridgehead atoms. The molecular weight excluding hydrogens is 320 g/mol. The predicted molar refractivity (Wildman–Crippen MR) is 99.0 cm³/mol. The third-order valence-electron chi connectivity index (χ3n) is 3.74. The van der Waals surface area contributed by atoms with E-state index in [4.69, 9.17) is 11.6 Å². The molecule has 0 spiro atoms. The Morgan fingerprint density at radius 3 is 2.58 bits per heavy atom. The molecule has 1 N–H and O–H groups in total. The number of hydrogen-bond acceptors (Lipinski definition) is 4. The summed E-state index contributed by atoms with van der Waals surface area (Å²) < 4.78 is 0.